The van der Waals surface area contributed by atoms with Crippen LogP contribution in [0, 0.1) is 23.2 Å². The zero-order valence-electron chi connectivity index (χ0n) is 14.3. The van der Waals surface area contributed by atoms with Crippen LogP contribution in [0.5, 0.6) is 0 Å². The van der Waals surface area contributed by atoms with E-state index in [4.69, 9.17) is 0 Å². The van der Waals surface area contributed by atoms with Gasteiger partial charge in [-0.05, 0) is 43.1 Å². The average molecular weight is 268 g/mol. The molecule has 1 saturated carbocycles. The summed E-state index contributed by atoms with van der Waals surface area (Å²) in [5, 5.41) is 3.59. The number of hydrogen-bond donors (Lipinski definition) is 1. The van der Waals surface area contributed by atoms with Crippen molar-refractivity contribution in [3.63, 3.8) is 0 Å². The van der Waals surface area contributed by atoms with E-state index in [1.54, 1.807) is 0 Å². The molecule has 0 heterocycles. The summed E-state index contributed by atoms with van der Waals surface area (Å²) in [6, 6.07) is 0.675. The van der Waals surface area contributed by atoms with E-state index in [-0.39, 0.29) is 0 Å². The van der Waals surface area contributed by atoms with Crippen molar-refractivity contribution in [3.8, 4) is 0 Å². The molecule has 2 atom stereocenters. The molecular formula is C17H36N2. The highest BCUT2D eigenvalue weighted by molar-refractivity contribution is 4.96. The van der Waals surface area contributed by atoms with Crippen LogP contribution in [0.15, 0.2) is 0 Å². The highest BCUT2D eigenvalue weighted by Crippen LogP contribution is 2.41. The second kappa shape index (κ2) is 7.08. The fourth-order valence-corrected chi connectivity index (χ4v) is 3.93. The molecule has 0 aromatic rings. The third-order valence-corrected chi connectivity index (χ3v) is 4.52. The van der Waals surface area contributed by atoms with Gasteiger partial charge >= 0.3 is 0 Å². The predicted octanol–water partition coefficient (Wildman–Crippen LogP) is 3.62. The molecule has 0 spiro atoms. The molecule has 1 rings (SSSR count). The van der Waals surface area contributed by atoms with Crippen LogP contribution in [-0.2, 0) is 0 Å². The summed E-state index contributed by atoms with van der Waals surface area (Å²) in [4.78, 5) is 2.70. The normalized spacial score (nSPS) is 26.8. The molecule has 2 heteroatoms. The summed E-state index contributed by atoms with van der Waals surface area (Å²) in [5.41, 5.74) is 0.459. The van der Waals surface area contributed by atoms with Crippen molar-refractivity contribution in [2.24, 2.45) is 23.2 Å². The maximum Gasteiger partial charge on any atom is 0.0156 e. The van der Waals surface area contributed by atoms with Crippen LogP contribution in [0.1, 0.15) is 54.4 Å². The fraction of sp³-hybridized carbons (Fsp3) is 1.00. The smallest absolute Gasteiger partial charge is 0.0156 e. The Hall–Kier alpha value is -0.0800. The van der Waals surface area contributed by atoms with E-state index in [9.17, 15) is 0 Å². The Labute approximate surface area is 121 Å². The minimum Gasteiger partial charge on any atom is -0.316 e. The van der Waals surface area contributed by atoms with E-state index < -0.39 is 0 Å². The summed E-state index contributed by atoms with van der Waals surface area (Å²) in [6.45, 7) is 17.9. The molecule has 0 radical (unpaired) electrons. The minimum absolute atomic E-state index is 0.459. The molecule has 0 amide bonds. The van der Waals surface area contributed by atoms with Gasteiger partial charge in [0.05, 0.1) is 0 Å². The first-order valence-corrected chi connectivity index (χ1v) is 8.16. The number of nitrogens with one attached hydrogen (secondary N) is 1. The Morgan fingerprint density at radius 3 is 2.05 bits per heavy atom. The van der Waals surface area contributed by atoms with Crippen LogP contribution >= 0.6 is 0 Å². The van der Waals surface area contributed by atoms with E-state index in [1.165, 1.54) is 32.5 Å². The van der Waals surface area contributed by atoms with Gasteiger partial charge in [-0.25, -0.2) is 0 Å². The van der Waals surface area contributed by atoms with E-state index in [0.29, 0.717) is 11.5 Å². The largest absolute Gasteiger partial charge is 0.316 e. The first kappa shape index (κ1) is 17.0. The van der Waals surface area contributed by atoms with Crippen LogP contribution in [0.3, 0.4) is 0 Å². The van der Waals surface area contributed by atoms with Crippen LogP contribution in [0.25, 0.3) is 0 Å². The van der Waals surface area contributed by atoms with Crippen LogP contribution in [0.2, 0.25) is 0 Å². The minimum atomic E-state index is 0.459. The van der Waals surface area contributed by atoms with Crippen molar-refractivity contribution < 1.29 is 0 Å². The SMILES string of the molecule is CNC1C(CN(CC(C)C)CC(C)C)CCC1(C)C. The monoisotopic (exact) mass is 268 g/mol. The lowest BCUT2D eigenvalue weighted by Crippen LogP contribution is -2.45. The number of hydrogen-bond acceptors (Lipinski definition) is 2. The van der Waals surface area contributed by atoms with Crippen LogP contribution in [-0.4, -0.2) is 37.6 Å². The van der Waals surface area contributed by atoms with Crippen molar-refractivity contribution in [2.45, 2.75) is 60.4 Å². The molecule has 0 saturated heterocycles. The molecule has 0 aromatic heterocycles. The maximum absolute atomic E-state index is 3.59. The second-order valence-corrected chi connectivity index (χ2v) is 8.06. The Morgan fingerprint density at radius 1 is 1.11 bits per heavy atom. The molecule has 114 valence electrons. The van der Waals surface area contributed by atoms with Gasteiger partial charge in [0.25, 0.3) is 0 Å². The zero-order valence-corrected chi connectivity index (χ0v) is 14.3. The van der Waals surface area contributed by atoms with Gasteiger partial charge in [-0.15, -0.1) is 0 Å². The molecule has 2 nitrogen and oxygen atoms in total. The van der Waals surface area contributed by atoms with Gasteiger partial charge in [-0.1, -0.05) is 41.5 Å². The van der Waals surface area contributed by atoms with Gasteiger partial charge in [0.15, 0.2) is 0 Å². The van der Waals surface area contributed by atoms with Crippen LogP contribution in [0.4, 0.5) is 0 Å². The third-order valence-electron chi connectivity index (χ3n) is 4.52. The predicted molar refractivity (Wildman–Crippen MR) is 85.5 cm³/mol. The Bertz CT molecular complexity index is 248. The van der Waals surface area contributed by atoms with Crippen molar-refractivity contribution >= 4 is 0 Å². The fourth-order valence-electron chi connectivity index (χ4n) is 3.93. The molecule has 0 aromatic carbocycles. The molecular weight excluding hydrogens is 232 g/mol. The lowest BCUT2D eigenvalue weighted by Gasteiger charge is -2.34. The van der Waals surface area contributed by atoms with Crippen LogP contribution < -0.4 is 5.32 Å². The summed E-state index contributed by atoms with van der Waals surface area (Å²) in [6.07, 6.45) is 2.74. The van der Waals surface area contributed by atoms with Gasteiger partial charge in [-0.3, -0.25) is 0 Å². The summed E-state index contributed by atoms with van der Waals surface area (Å²) < 4.78 is 0. The highest BCUT2D eigenvalue weighted by atomic mass is 15.1. The molecule has 19 heavy (non-hydrogen) atoms. The van der Waals surface area contributed by atoms with Crippen molar-refractivity contribution in [1.29, 1.82) is 0 Å². The molecule has 0 aliphatic heterocycles. The van der Waals surface area contributed by atoms with Gasteiger partial charge < -0.3 is 10.2 Å². The van der Waals surface area contributed by atoms with Crippen molar-refractivity contribution in [3.05, 3.63) is 0 Å². The quantitative estimate of drug-likeness (QED) is 0.758. The van der Waals surface area contributed by atoms with Crippen molar-refractivity contribution in [2.75, 3.05) is 26.7 Å². The lowest BCUT2D eigenvalue weighted by atomic mass is 9.84. The Balaban J connectivity index is 2.62. The second-order valence-electron chi connectivity index (χ2n) is 8.06. The highest BCUT2D eigenvalue weighted by Gasteiger charge is 2.41. The topological polar surface area (TPSA) is 15.3 Å². The van der Waals surface area contributed by atoms with E-state index in [0.717, 1.165) is 17.8 Å². The summed E-state index contributed by atoms with van der Waals surface area (Å²) in [5.74, 6) is 2.35. The molecule has 1 N–H and O–H groups in total. The van der Waals surface area contributed by atoms with Gasteiger partial charge in [0, 0.05) is 25.7 Å². The van der Waals surface area contributed by atoms with Crippen molar-refractivity contribution in [1.82, 2.24) is 10.2 Å². The Kier molecular flexibility index (Phi) is 6.32. The molecule has 1 fully saturated rings. The van der Waals surface area contributed by atoms with E-state index in [1.807, 2.05) is 0 Å². The Morgan fingerprint density at radius 2 is 1.63 bits per heavy atom. The molecule has 0 bridgehead atoms. The van der Waals surface area contributed by atoms with Gasteiger partial charge in [0.1, 0.15) is 0 Å². The number of nitrogens with zero attached hydrogens (tertiary/aromatic N) is 1. The summed E-state index contributed by atoms with van der Waals surface area (Å²) in [7, 11) is 2.14. The third kappa shape index (κ3) is 5.07. The van der Waals surface area contributed by atoms with E-state index >= 15 is 0 Å². The lowest BCUT2D eigenvalue weighted by molar-refractivity contribution is 0.162. The molecule has 2 unspecified atom stereocenters. The van der Waals surface area contributed by atoms with E-state index in [2.05, 4.69) is 58.8 Å². The van der Waals surface area contributed by atoms with Gasteiger partial charge in [0.2, 0.25) is 0 Å². The maximum atomic E-state index is 3.59. The standard InChI is InChI=1S/C17H36N2/c1-13(2)10-19(11-14(3)4)12-15-8-9-17(5,6)16(15)18-7/h13-16,18H,8-12H2,1-7H3. The number of rotatable bonds is 7. The molecule has 1 aliphatic rings. The van der Waals surface area contributed by atoms with Gasteiger partial charge in [-0.2, -0.15) is 0 Å². The first-order valence-electron chi connectivity index (χ1n) is 8.16. The average Bonchev–Trinajstić information content (AvgIpc) is 2.51. The summed E-state index contributed by atoms with van der Waals surface area (Å²) >= 11 is 0. The zero-order chi connectivity index (χ0) is 14.6. The molecule has 1 aliphatic carbocycles. The first-order chi connectivity index (χ1) is 8.76.